The average molecular weight is 221 g/mol. The number of hydrogen-bond donors (Lipinski definition) is 1. The second-order valence-electron chi connectivity index (χ2n) is 3.65. The van der Waals surface area contributed by atoms with Crippen LogP contribution in [0.4, 0.5) is 0 Å². The van der Waals surface area contributed by atoms with Crippen LogP contribution in [0.25, 0.3) is 0 Å². The number of hydrogen-bond acceptors (Lipinski definition) is 3. The highest BCUT2D eigenvalue weighted by atomic mass is 16.5. The van der Waals surface area contributed by atoms with E-state index in [0.29, 0.717) is 6.61 Å². The molecule has 1 atom stereocenters. The first kappa shape index (κ1) is 12.7. The molecule has 88 valence electrons. The Morgan fingerprint density at radius 2 is 2.06 bits per heavy atom. The van der Waals surface area contributed by atoms with Crippen LogP contribution in [0.2, 0.25) is 0 Å². The highest BCUT2D eigenvalue weighted by molar-refractivity contribution is 5.77. The number of rotatable bonds is 6. The minimum Gasteiger partial charge on any atom is -0.464 e. The van der Waals surface area contributed by atoms with Gasteiger partial charge in [0.15, 0.2) is 0 Å². The van der Waals surface area contributed by atoms with E-state index in [2.05, 4.69) is 12.2 Å². The predicted molar refractivity (Wildman–Crippen MR) is 64.1 cm³/mol. The molecule has 0 radical (unpaired) electrons. The van der Waals surface area contributed by atoms with Crippen molar-refractivity contribution in [3.8, 4) is 0 Å². The van der Waals surface area contributed by atoms with Crippen LogP contribution < -0.4 is 5.32 Å². The van der Waals surface area contributed by atoms with Crippen LogP contribution in [0.1, 0.15) is 31.4 Å². The topological polar surface area (TPSA) is 38.3 Å². The van der Waals surface area contributed by atoms with Gasteiger partial charge in [-0.1, -0.05) is 43.7 Å². The van der Waals surface area contributed by atoms with Gasteiger partial charge in [0.25, 0.3) is 0 Å². The second-order valence-corrected chi connectivity index (χ2v) is 3.65. The molecule has 1 unspecified atom stereocenters. The number of likely N-dealkylation sites (N-methyl/N-ethyl adjacent to an activating group) is 1. The highest BCUT2D eigenvalue weighted by Crippen LogP contribution is 2.13. The fraction of sp³-hybridized carbons (Fsp3) is 0.462. The van der Waals surface area contributed by atoms with E-state index >= 15 is 0 Å². The molecule has 1 aromatic rings. The predicted octanol–water partition coefficient (Wildman–Crippen LogP) is 2.29. The Labute approximate surface area is 96.8 Å². The van der Waals surface area contributed by atoms with Crippen molar-refractivity contribution >= 4 is 5.97 Å². The maximum atomic E-state index is 11.8. The number of nitrogens with one attached hydrogen (secondary N) is 1. The summed E-state index contributed by atoms with van der Waals surface area (Å²) in [6.45, 7) is 2.57. The molecule has 1 N–H and O–H groups in total. The molecule has 16 heavy (non-hydrogen) atoms. The third kappa shape index (κ3) is 3.66. The molecule has 0 spiro atoms. The number of unbranched alkanes of at least 4 members (excludes halogenated alkanes) is 1. The van der Waals surface area contributed by atoms with E-state index in [1.165, 1.54) is 0 Å². The van der Waals surface area contributed by atoms with Crippen molar-refractivity contribution in [1.82, 2.24) is 5.32 Å². The molecule has 0 fully saturated rings. The van der Waals surface area contributed by atoms with E-state index in [1.54, 1.807) is 7.05 Å². The monoisotopic (exact) mass is 221 g/mol. The molecule has 1 rings (SSSR count). The summed E-state index contributed by atoms with van der Waals surface area (Å²) < 4.78 is 5.19. The summed E-state index contributed by atoms with van der Waals surface area (Å²) in [5, 5.41) is 2.97. The largest absolute Gasteiger partial charge is 0.464 e. The molecule has 0 aliphatic rings. The van der Waals surface area contributed by atoms with Gasteiger partial charge in [0, 0.05) is 0 Å². The van der Waals surface area contributed by atoms with Crippen molar-refractivity contribution in [3.05, 3.63) is 35.9 Å². The molecule has 0 aliphatic carbocycles. The van der Waals surface area contributed by atoms with E-state index in [9.17, 15) is 4.79 Å². The van der Waals surface area contributed by atoms with Crippen molar-refractivity contribution in [2.24, 2.45) is 0 Å². The van der Waals surface area contributed by atoms with Crippen molar-refractivity contribution in [2.75, 3.05) is 13.7 Å². The number of esters is 1. The lowest BCUT2D eigenvalue weighted by Crippen LogP contribution is -2.27. The van der Waals surface area contributed by atoms with Gasteiger partial charge in [0.2, 0.25) is 0 Å². The number of carbonyl (C=O) groups is 1. The third-order valence-corrected chi connectivity index (χ3v) is 2.40. The Hall–Kier alpha value is -1.35. The Morgan fingerprint density at radius 3 is 2.62 bits per heavy atom. The van der Waals surface area contributed by atoms with Gasteiger partial charge in [-0.15, -0.1) is 0 Å². The summed E-state index contributed by atoms with van der Waals surface area (Å²) in [7, 11) is 1.76. The summed E-state index contributed by atoms with van der Waals surface area (Å²) >= 11 is 0. The van der Waals surface area contributed by atoms with Gasteiger partial charge in [-0.05, 0) is 19.0 Å². The summed E-state index contributed by atoms with van der Waals surface area (Å²) in [6, 6.07) is 9.24. The highest BCUT2D eigenvalue weighted by Gasteiger charge is 2.19. The fourth-order valence-electron chi connectivity index (χ4n) is 1.47. The zero-order valence-corrected chi connectivity index (χ0v) is 9.90. The molecule has 1 aromatic carbocycles. The molecule has 3 nitrogen and oxygen atoms in total. The Kier molecular flexibility index (Phi) is 5.57. The lowest BCUT2D eigenvalue weighted by Gasteiger charge is -2.15. The van der Waals surface area contributed by atoms with Gasteiger partial charge in [0.05, 0.1) is 6.61 Å². The lowest BCUT2D eigenvalue weighted by atomic mass is 10.1. The normalized spacial score (nSPS) is 12.1. The van der Waals surface area contributed by atoms with Gasteiger partial charge in [-0.2, -0.15) is 0 Å². The molecule has 0 bridgehead atoms. The zero-order chi connectivity index (χ0) is 11.8. The van der Waals surface area contributed by atoms with E-state index in [1.807, 2.05) is 30.3 Å². The smallest absolute Gasteiger partial charge is 0.327 e. The molecule has 0 heterocycles. The quantitative estimate of drug-likeness (QED) is 0.591. The standard InChI is InChI=1S/C13H19NO2/c1-3-4-10-16-13(15)12(14-2)11-8-6-5-7-9-11/h5-9,12,14H,3-4,10H2,1-2H3. The van der Waals surface area contributed by atoms with Crippen LogP contribution in [0, 0.1) is 0 Å². The summed E-state index contributed by atoms with van der Waals surface area (Å²) in [6.07, 6.45) is 1.94. The molecule has 0 amide bonds. The third-order valence-electron chi connectivity index (χ3n) is 2.40. The van der Waals surface area contributed by atoms with Crippen molar-refractivity contribution < 1.29 is 9.53 Å². The molecular weight excluding hydrogens is 202 g/mol. The number of benzene rings is 1. The summed E-state index contributed by atoms with van der Waals surface area (Å²) in [4.78, 5) is 11.8. The van der Waals surface area contributed by atoms with Crippen molar-refractivity contribution in [2.45, 2.75) is 25.8 Å². The second kappa shape index (κ2) is 7.01. The fourth-order valence-corrected chi connectivity index (χ4v) is 1.47. The Bertz CT molecular complexity index is 311. The Balaban J connectivity index is 2.57. The zero-order valence-electron chi connectivity index (χ0n) is 9.90. The molecule has 0 saturated carbocycles. The summed E-state index contributed by atoms with van der Waals surface area (Å²) in [5.74, 6) is -0.206. The number of ether oxygens (including phenoxy) is 1. The van der Waals surface area contributed by atoms with E-state index in [-0.39, 0.29) is 12.0 Å². The van der Waals surface area contributed by atoms with Crippen molar-refractivity contribution in [1.29, 1.82) is 0 Å². The van der Waals surface area contributed by atoms with Crippen LogP contribution in [0.5, 0.6) is 0 Å². The molecule has 0 aliphatic heterocycles. The Morgan fingerprint density at radius 1 is 1.38 bits per heavy atom. The SMILES string of the molecule is CCCCOC(=O)C(NC)c1ccccc1. The summed E-state index contributed by atoms with van der Waals surface area (Å²) in [5.41, 5.74) is 0.937. The first-order valence-corrected chi connectivity index (χ1v) is 5.68. The first-order chi connectivity index (χ1) is 7.79. The van der Waals surface area contributed by atoms with Gasteiger partial charge in [0.1, 0.15) is 6.04 Å². The maximum absolute atomic E-state index is 11.8. The first-order valence-electron chi connectivity index (χ1n) is 5.68. The van der Waals surface area contributed by atoms with Gasteiger partial charge >= 0.3 is 5.97 Å². The van der Waals surface area contributed by atoms with E-state index < -0.39 is 0 Å². The molecule has 0 aromatic heterocycles. The van der Waals surface area contributed by atoms with Gasteiger partial charge < -0.3 is 10.1 Å². The molecule has 0 saturated heterocycles. The minimum atomic E-state index is -0.363. The van der Waals surface area contributed by atoms with Crippen molar-refractivity contribution in [3.63, 3.8) is 0 Å². The minimum absolute atomic E-state index is 0.206. The molecular formula is C13H19NO2. The maximum Gasteiger partial charge on any atom is 0.327 e. The van der Waals surface area contributed by atoms with Crippen LogP contribution >= 0.6 is 0 Å². The van der Waals surface area contributed by atoms with Gasteiger partial charge in [-0.25, -0.2) is 4.79 Å². The van der Waals surface area contributed by atoms with Gasteiger partial charge in [-0.3, -0.25) is 0 Å². The van der Waals surface area contributed by atoms with Crippen LogP contribution in [0.3, 0.4) is 0 Å². The van der Waals surface area contributed by atoms with Crippen LogP contribution in [-0.2, 0) is 9.53 Å². The van der Waals surface area contributed by atoms with E-state index in [0.717, 1.165) is 18.4 Å². The van der Waals surface area contributed by atoms with Crippen LogP contribution in [-0.4, -0.2) is 19.6 Å². The average Bonchev–Trinajstić information content (AvgIpc) is 2.32. The lowest BCUT2D eigenvalue weighted by molar-refractivity contribution is -0.146. The number of carbonyl (C=O) groups excluding carboxylic acids is 1. The van der Waals surface area contributed by atoms with Crippen LogP contribution in [0.15, 0.2) is 30.3 Å². The molecule has 3 heteroatoms. The van der Waals surface area contributed by atoms with E-state index in [4.69, 9.17) is 4.74 Å².